The molecule has 3 rings (SSSR count). The summed E-state index contributed by atoms with van der Waals surface area (Å²) >= 11 is 0. The van der Waals surface area contributed by atoms with Gasteiger partial charge in [-0.15, -0.1) is 0 Å². The molecule has 3 aromatic carbocycles. The lowest BCUT2D eigenvalue weighted by atomic mass is 10.0. The summed E-state index contributed by atoms with van der Waals surface area (Å²) in [5.74, 6) is -5.50. The maximum absolute atomic E-state index is 13.8. The first-order chi connectivity index (χ1) is 14.8. The van der Waals surface area contributed by atoms with Crippen molar-refractivity contribution in [3.8, 4) is 5.75 Å². The Bertz CT molecular complexity index is 1070. The Balaban J connectivity index is 1.70. The summed E-state index contributed by atoms with van der Waals surface area (Å²) in [6.45, 7) is 0.337. The van der Waals surface area contributed by atoms with E-state index in [1.54, 1.807) is 24.3 Å². The molecule has 0 unspecified atom stereocenters. The molecule has 0 bridgehead atoms. The fourth-order valence-electron chi connectivity index (χ4n) is 2.95. The van der Waals surface area contributed by atoms with E-state index in [1.165, 1.54) is 0 Å². The number of carbonyl (C=O) groups excluding carboxylic acids is 2. The van der Waals surface area contributed by atoms with Gasteiger partial charge >= 0.3 is 0 Å². The van der Waals surface area contributed by atoms with E-state index < -0.39 is 40.9 Å². The molecule has 3 aromatic rings. The number of rotatable bonds is 8. The van der Waals surface area contributed by atoms with Crippen molar-refractivity contribution < 1.29 is 27.5 Å². The van der Waals surface area contributed by atoms with E-state index in [9.17, 15) is 22.8 Å². The summed E-state index contributed by atoms with van der Waals surface area (Å²) < 4.78 is 46.5. The normalized spacial score (nSPS) is 11.6. The van der Waals surface area contributed by atoms with Crippen LogP contribution in [-0.4, -0.2) is 17.9 Å². The van der Waals surface area contributed by atoms with Crippen LogP contribution < -0.4 is 15.8 Å². The van der Waals surface area contributed by atoms with E-state index in [-0.39, 0.29) is 6.42 Å². The number of primary amides is 1. The molecule has 5 nitrogen and oxygen atoms in total. The van der Waals surface area contributed by atoms with Crippen molar-refractivity contribution in [2.24, 2.45) is 5.73 Å². The minimum absolute atomic E-state index is 0.0337. The van der Waals surface area contributed by atoms with Crippen molar-refractivity contribution in [2.45, 2.75) is 19.1 Å². The molecule has 8 heteroatoms. The van der Waals surface area contributed by atoms with Crippen LogP contribution in [0.4, 0.5) is 13.2 Å². The van der Waals surface area contributed by atoms with Crippen LogP contribution in [0.3, 0.4) is 0 Å². The molecule has 0 aromatic heterocycles. The van der Waals surface area contributed by atoms with Gasteiger partial charge in [0.2, 0.25) is 5.91 Å². The zero-order valence-electron chi connectivity index (χ0n) is 16.3. The Morgan fingerprint density at radius 1 is 0.903 bits per heavy atom. The number of hydrogen-bond donors (Lipinski definition) is 2. The molecule has 0 radical (unpaired) electrons. The molecule has 160 valence electrons. The van der Waals surface area contributed by atoms with Gasteiger partial charge in [0, 0.05) is 18.6 Å². The molecule has 0 aliphatic heterocycles. The minimum Gasteiger partial charge on any atom is -0.489 e. The summed E-state index contributed by atoms with van der Waals surface area (Å²) in [6.07, 6.45) is -0.0337. The van der Waals surface area contributed by atoms with Crippen molar-refractivity contribution >= 4 is 11.8 Å². The molecular formula is C23H19F3N2O3. The first kappa shape index (κ1) is 21.9. The van der Waals surface area contributed by atoms with E-state index in [0.29, 0.717) is 30.1 Å². The molecule has 2 amide bonds. The lowest BCUT2D eigenvalue weighted by molar-refractivity contribution is -0.119. The zero-order valence-corrected chi connectivity index (χ0v) is 16.3. The van der Waals surface area contributed by atoms with Crippen LogP contribution in [0.5, 0.6) is 5.75 Å². The quantitative estimate of drug-likeness (QED) is 0.576. The van der Waals surface area contributed by atoms with Gasteiger partial charge in [0.15, 0.2) is 0 Å². The number of hydrogen-bond acceptors (Lipinski definition) is 3. The highest BCUT2D eigenvalue weighted by molar-refractivity contribution is 5.97. The van der Waals surface area contributed by atoms with Crippen LogP contribution in [0.2, 0.25) is 0 Å². The summed E-state index contributed by atoms with van der Waals surface area (Å²) in [7, 11) is 0. The zero-order chi connectivity index (χ0) is 22.4. The molecule has 0 aliphatic rings. The van der Waals surface area contributed by atoms with Crippen molar-refractivity contribution in [1.82, 2.24) is 5.32 Å². The first-order valence-electron chi connectivity index (χ1n) is 9.34. The van der Waals surface area contributed by atoms with E-state index in [0.717, 1.165) is 5.56 Å². The largest absolute Gasteiger partial charge is 0.489 e. The number of nitrogens with two attached hydrogens (primary N) is 1. The monoisotopic (exact) mass is 428 g/mol. The number of nitrogens with one attached hydrogen (secondary N) is 1. The summed E-state index contributed by atoms with van der Waals surface area (Å²) in [5.41, 5.74) is 5.94. The highest BCUT2D eigenvalue weighted by Crippen LogP contribution is 2.18. The van der Waals surface area contributed by atoms with Crippen LogP contribution >= 0.6 is 0 Å². The molecule has 1 atom stereocenters. The van der Waals surface area contributed by atoms with E-state index >= 15 is 0 Å². The summed E-state index contributed by atoms with van der Waals surface area (Å²) in [6, 6.07) is 15.8. The highest BCUT2D eigenvalue weighted by Gasteiger charge is 2.24. The summed E-state index contributed by atoms with van der Waals surface area (Å²) in [5, 5.41) is 2.20. The van der Waals surface area contributed by atoms with Gasteiger partial charge in [-0.3, -0.25) is 9.59 Å². The second-order valence-electron chi connectivity index (χ2n) is 6.80. The maximum atomic E-state index is 13.8. The van der Waals surface area contributed by atoms with E-state index in [2.05, 4.69) is 5.32 Å². The smallest absolute Gasteiger partial charge is 0.257 e. The molecule has 0 heterocycles. The third kappa shape index (κ3) is 5.85. The van der Waals surface area contributed by atoms with Gasteiger partial charge in [-0.1, -0.05) is 42.5 Å². The maximum Gasteiger partial charge on any atom is 0.257 e. The first-order valence-corrected chi connectivity index (χ1v) is 9.34. The van der Waals surface area contributed by atoms with E-state index in [1.807, 2.05) is 30.3 Å². The number of carbonyl (C=O) groups is 2. The predicted molar refractivity (Wildman–Crippen MR) is 108 cm³/mol. The predicted octanol–water partition coefficient (Wildman–Crippen LogP) is 3.51. The second-order valence-corrected chi connectivity index (χ2v) is 6.80. The lowest BCUT2D eigenvalue weighted by Crippen LogP contribution is -2.46. The lowest BCUT2D eigenvalue weighted by Gasteiger charge is -2.17. The van der Waals surface area contributed by atoms with Gasteiger partial charge in [0.05, 0.1) is 0 Å². The van der Waals surface area contributed by atoms with Crippen LogP contribution in [-0.2, 0) is 17.8 Å². The number of benzene rings is 3. The SMILES string of the molecule is NC(=O)[C@@H](Cc1cccc(OCc2ccccc2)c1)NC(=O)c1c(F)cc(F)cc1F. The van der Waals surface area contributed by atoms with Crippen molar-refractivity contribution in [3.63, 3.8) is 0 Å². The third-order valence-corrected chi connectivity index (χ3v) is 4.47. The minimum atomic E-state index is -1.38. The average Bonchev–Trinajstić information content (AvgIpc) is 2.72. The van der Waals surface area contributed by atoms with Crippen LogP contribution in [0.15, 0.2) is 66.7 Å². The van der Waals surface area contributed by atoms with Gasteiger partial charge in [-0.2, -0.15) is 0 Å². The fraction of sp³-hybridized carbons (Fsp3) is 0.130. The molecule has 0 aliphatic carbocycles. The van der Waals surface area contributed by atoms with Crippen LogP contribution in [0, 0.1) is 17.5 Å². The van der Waals surface area contributed by atoms with Crippen molar-refractivity contribution in [2.75, 3.05) is 0 Å². The topological polar surface area (TPSA) is 81.4 Å². The van der Waals surface area contributed by atoms with Crippen LogP contribution in [0.1, 0.15) is 21.5 Å². The Morgan fingerprint density at radius 2 is 1.55 bits per heavy atom. The van der Waals surface area contributed by atoms with Crippen molar-refractivity contribution in [1.29, 1.82) is 0 Å². The van der Waals surface area contributed by atoms with Gasteiger partial charge in [0.25, 0.3) is 5.91 Å². The molecule has 0 saturated heterocycles. The molecule has 0 spiro atoms. The molecule has 0 fully saturated rings. The Hall–Kier alpha value is -3.81. The second kappa shape index (κ2) is 9.80. The third-order valence-electron chi connectivity index (χ3n) is 4.47. The van der Waals surface area contributed by atoms with Crippen molar-refractivity contribution in [3.05, 3.63) is 101 Å². The van der Waals surface area contributed by atoms with Gasteiger partial charge in [0.1, 0.15) is 41.4 Å². The summed E-state index contributed by atoms with van der Waals surface area (Å²) in [4.78, 5) is 24.1. The van der Waals surface area contributed by atoms with Gasteiger partial charge in [-0.05, 0) is 23.3 Å². The van der Waals surface area contributed by atoms with Gasteiger partial charge in [-0.25, -0.2) is 13.2 Å². The molecular weight excluding hydrogens is 409 g/mol. The average molecular weight is 428 g/mol. The standard InChI is InChI=1S/C23H19F3N2O3/c24-16-11-18(25)21(19(26)12-16)23(30)28-20(22(27)29)10-15-7-4-8-17(9-15)31-13-14-5-2-1-3-6-14/h1-9,11-12,20H,10,13H2,(H2,27,29)(H,28,30)/t20-/m1/s1. The molecule has 31 heavy (non-hydrogen) atoms. The molecule has 0 saturated carbocycles. The number of ether oxygens (including phenoxy) is 1. The number of amides is 2. The Morgan fingerprint density at radius 3 is 2.19 bits per heavy atom. The fourth-order valence-corrected chi connectivity index (χ4v) is 2.95. The Kier molecular flexibility index (Phi) is 6.92. The molecule has 3 N–H and O–H groups in total. The number of halogens is 3. The van der Waals surface area contributed by atoms with Crippen LogP contribution in [0.25, 0.3) is 0 Å². The van der Waals surface area contributed by atoms with E-state index in [4.69, 9.17) is 10.5 Å². The highest BCUT2D eigenvalue weighted by atomic mass is 19.1. The van der Waals surface area contributed by atoms with Gasteiger partial charge < -0.3 is 15.8 Å². The Labute approximate surface area is 176 Å².